The van der Waals surface area contributed by atoms with Crippen molar-refractivity contribution < 1.29 is 18.0 Å². The Morgan fingerprint density at radius 1 is 1.08 bits per heavy atom. The average molecular weight is 353 g/mol. The minimum Gasteiger partial charge on any atom is -0.326 e. The van der Waals surface area contributed by atoms with Crippen LogP contribution in [0.2, 0.25) is 0 Å². The number of amides is 2. The van der Waals surface area contributed by atoms with Gasteiger partial charge in [0.2, 0.25) is 21.8 Å². The summed E-state index contributed by atoms with van der Waals surface area (Å²) in [5.41, 5.74) is 1.18. The second-order valence-corrected chi connectivity index (χ2v) is 7.99. The lowest BCUT2D eigenvalue weighted by atomic mass is 10.2. The number of anilines is 2. The molecule has 0 heterocycles. The molecule has 2 amide bonds. The summed E-state index contributed by atoms with van der Waals surface area (Å²) >= 11 is 0. The second-order valence-electron chi connectivity index (χ2n) is 6.05. The number of sulfonamides is 1. The first-order valence-electron chi connectivity index (χ1n) is 7.90. The predicted octanol–water partition coefficient (Wildman–Crippen LogP) is 1.79. The van der Waals surface area contributed by atoms with Gasteiger partial charge < -0.3 is 10.6 Å². The molecule has 8 heteroatoms. The second kappa shape index (κ2) is 7.76. The zero-order chi connectivity index (χ0) is 17.7. The lowest BCUT2D eigenvalue weighted by molar-refractivity contribution is -0.117. The molecule has 1 aliphatic rings. The molecule has 0 unspecified atom stereocenters. The van der Waals surface area contributed by atoms with Gasteiger partial charge >= 0.3 is 0 Å². The van der Waals surface area contributed by atoms with Crippen LogP contribution in [0.4, 0.5) is 11.4 Å². The zero-order valence-corrected chi connectivity index (χ0v) is 14.7. The summed E-state index contributed by atoms with van der Waals surface area (Å²) in [5, 5.41) is 5.33. The van der Waals surface area contributed by atoms with Crippen molar-refractivity contribution in [1.82, 2.24) is 4.31 Å². The number of benzene rings is 1. The van der Waals surface area contributed by atoms with Crippen molar-refractivity contribution in [3.8, 4) is 0 Å². The molecule has 0 aliphatic heterocycles. The van der Waals surface area contributed by atoms with E-state index < -0.39 is 10.0 Å². The molecule has 0 bridgehead atoms. The van der Waals surface area contributed by atoms with Crippen LogP contribution < -0.4 is 10.6 Å². The van der Waals surface area contributed by atoms with Crippen LogP contribution in [-0.4, -0.2) is 43.4 Å². The van der Waals surface area contributed by atoms with E-state index in [1.54, 1.807) is 24.3 Å². The molecule has 132 valence electrons. The molecule has 0 aromatic heterocycles. The van der Waals surface area contributed by atoms with Gasteiger partial charge in [-0.05, 0) is 37.1 Å². The van der Waals surface area contributed by atoms with Gasteiger partial charge in [0.25, 0.3) is 0 Å². The van der Waals surface area contributed by atoms with Crippen LogP contribution in [0.25, 0.3) is 0 Å². The highest BCUT2D eigenvalue weighted by molar-refractivity contribution is 7.88. The largest absolute Gasteiger partial charge is 0.326 e. The van der Waals surface area contributed by atoms with Crippen LogP contribution in [0, 0.1) is 0 Å². The maximum Gasteiger partial charge on any atom is 0.239 e. The number of rotatable bonds is 6. The third-order valence-corrected chi connectivity index (χ3v) is 5.23. The average Bonchev–Trinajstić information content (AvgIpc) is 2.99. The Hall–Kier alpha value is -1.93. The molecule has 7 nitrogen and oxygen atoms in total. The van der Waals surface area contributed by atoms with E-state index in [0.717, 1.165) is 31.9 Å². The summed E-state index contributed by atoms with van der Waals surface area (Å²) in [7, 11) is -3.43. The Kier molecular flexibility index (Phi) is 5.95. The molecule has 1 saturated carbocycles. The van der Waals surface area contributed by atoms with E-state index in [1.165, 1.54) is 11.2 Å². The van der Waals surface area contributed by atoms with Gasteiger partial charge in [-0.2, -0.15) is 4.31 Å². The number of nitrogens with one attached hydrogen (secondary N) is 2. The van der Waals surface area contributed by atoms with Crippen molar-refractivity contribution in [3.05, 3.63) is 24.3 Å². The standard InChI is InChI=1S/C16H23N3O4S/c1-12(20)17-13-7-9-14(10-8-13)18-16(21)11-19(24(2,22)23)15-5-3-4-6-15/h7-10,15H,3-6,11H2,1-2H3,(H,17,20)(H,18,21). The SMILES string of the molecule is CC(=O)Nc1ccc(NC(=O)CN(C2CCCC2)S(C)(=O)=O)cc1. The maximum absolute atomic E-state index is 12.2. The van der Waals surface area contributed by atoms with E-state index in [1.807, 2.05) is 0 Å². The van der Waals surface area contributed by atoms with Gasteiger partial charge in [-0.25, -0.2) is 8.42 Å². The van der Waals surface area contributed by atoms with Crippen molar-refractivity contribution >= 4 is 33.2 Å². The number of carbonyl (C=O) groups is 2. The Bertz CT molecular complexity index is 695. The molecule has 0 radical (unpaired) electrons. The summed E-state index contributed by atoms with van der Waals surface area (Å²) in [6, 6.07) is 6.56. The maximum atomic E-state index is 12.2. The van der Waals surface area contributed by atoms with E-state index in [-0.39, 0.29) is 24.4 Å². The van der Waals surface area contributed by atoms with Crippen LogP contribution in [0.15, 0.2) is 24.3 Å². The minimum atomic E-state index is -3.43. The summed E-state index contributed by atoms with van der Waals surface area (Å²) in [6.45, 7) is 1.23. The van der Waals surface area contributed by atoms with E-state index >= 15 is 0 Å². The number of carbonyl (C=O) groups excluding carboxylic acids is 2. The molecular formula is C16H23N3O4S. The highest BCUT2D eigenvalue weighted by Crippen LogP contribution is 2.25. The van der Waals surface area contributed by atoms with Crippen molar-refractivity contribution in [2.45, 2.75) is 38.6 Å². The summed E-state index contributed by atoms with van der Waals surface area (Å²) < 4.78 is 25.2. The van der Waals surface area contributed by atoms with Crippen LogP contribution >= 0.6 is 0 Å². The predicted molar refractivity (Wildman–Crippen MR) is 93.2 cm³/mol. The molecule has 2 N–H and O–H groups in total. The monoisotopic (exact) mass is 353 g/mol. The fraction of sp³-hybridized carbons (Fsp3) is 0.500. The van der Waals surface area contributed by atoms with Gasteiger partial charge in [0.05, 0.1) is 12.8 Å². The van der Waals surface area contributed by atoms with Crippen molar-refractivity contribution in [1.29, 1.82) is 0 Å². The van der Waals surface area contributed by atoms with Crippen LogP contribution in [-0.2, 0) is 19.6 Å². The van der Waals surface area contributed by atoms with E-state index in [0.29, 0.717) is 11.4 Å². The lowest BCUT2D eigenvalue weighted by Gasteiger charge is -2.25. The molecule has 1 aliphatic carbocycles. The molecule has 1 fully saturated rings. The summed E-state index contributed by atoms with van der Waals surface area (Å²) in [6.07, 6.45) is 4.71. The van der Waals surface area contributed by atoms with Gasteiger partial charge in [-0.1, -0.05) is 12.8 Å². The summed E-state index contributed by atoms with van der Waals surface area (Å²) in [5.74, 6) is -0.549. The topological polar surface area (TPSA) is 95.6 Å². The molecule has 0 saturated heterocycles. The van der Waals surface area contributed by atoms with Gasteiger partial charge in [-0.15, -0.1) is 0 Å². The quantitative estimate of drug-likeness (QED) is 0.815. The Morgan fingerprint density at radius 3 is 2.04 bits per heavy atom. The summed E-state index contributed by atoms with van der Waals surface area (Å²) in [4.78, 5) is 23.2. The van der Waals surface area contributed by atoms with Gasteiger partial charge in [0.1, 0.15) is 0 Å². The Labute approximate surface area is 142 Å². The highest BCUT2D eigenvalue weighted by atomic mass is 32.2. The normalized spacial score (nSPS) is 15.5. The fourth-order valence-electron chi connectivity index (χ4n) is 2.89. The molecule has 0 spiro atoms. The van der Waals surface area contributed by atoms with E-state index in [2.05, 4.69) is 10.6 Å². The third kappa shape index (κ3) is 5.31. The smallest absolute Gasteiger partial charge is 0.239 e. The van der Waals surface area contributed by atoms with Gasteiger partial charge in [-0.3, -0.25) is 9.59 Å². The third-order valence-electron chi connectivity index (χ3n) is 3.95. The molecule has 24 heavy (non-hydrogen) atoms. The fourth-order valence-corrected chi connectivity index (χ4v) is 4.00. The first-order valence-corrected chi connectivity index (χ1v) is 9.75. The van der Waals surface area contributed by atoms with Crippen LogP contribution in [0.3, 0.4) is 0 Å². The van der Waals surface area contributed by atoms with Crippen molar-refractivity contribution in [3.63, 3.8) is 0 Å². The molecule has 1 aromatic carbocycles. The van der Waals surface area contributed by atoms with Crippen molar-refractivity contribution in [2.75, 3.05) is 23.4 Å². The van der Waals surface area contributed by atoms with Crippen LogP contribution in [0.1, 0.15) is 32.6 Å². The Morgan fingerprint density at radius 2 is 1.58 bits per heavy atom. The van der Waals surface area contributed by atoms with E-state index in [4.69, 9.17) is 0 Å². The minimum absolute atomic E-state index is 0.0899. The van der Waals surface area contributed by atoms with Gasteiger partial charge in [0.15, 0.2) is 0 Å². The molecule has 0 atom stereocenters. The van der Waals surface area contributed by atoms with Crippen molar-refractivity contribution in [2.24, 2.45) is 0 Å². The molecule has 1 aromatic rings. The molecule has 2 rings (SSSR count). The van der Waals surface area contributed by atoms with Crippen LogP contribution in [0.5, 0.6) is 0 Å². The van der Waals surface area contributed by atoms with Gasteiger partial charge in [0, 0.05) is 24.3 Å². The lowest BCUT2D eigenvalue weighted by Crippen LogP contribution is -2.43. The van der Waals surface area contributed by atoms with E-state index in [9.17, 15) is 18.0 Å². The Balaban J connectivity index is 1.99. The molecular weight excluding hydrogens is 330 g/mol. The number of hydrogen-bond acceptors (Lipinski definition) is 4. The number of nitrogens with zero attached hydrogens (tertiary/aromatic N) is 1. The zero-order valence-electron chi connectivity index (χ0n) is 13.9. The number of hydrogen-bond donors (Lipinski definition) is 2. The first-order chi connectivity index (χ1) is 11.3. The highest BCUT2D eigenvalue weighted by Gasteiger charge is 2.30. The first kappa shape index (κ1) is 18.4.